The molecule has 0 aromatic heterocycles. The molecule has 0 aliphatic carbocycles. The number of piperazine rings is 1. The van der Waals surface area contributed by atoms with Crippen molar-refractivity contribution < 1.29 is 18.8 Å². The molecule has 2 aromatic rings. The third-order valence-electron chi connectivity index (χ3n) is 7.12. The first-order valence-electron chi connectivity index (χ1n) is 11.4. The number of carbonyl (C=O) groups excluding carboxylic acids is 3. The van der Waals surface area contributed by atoms with E-state index < -0.39 is 5.66 Å². The van der Waals surface area contributed by atoms with Crippen molar-refractivity contribution in [2.24, 2.45) is 0 Å². The minimum Gasteiger partial charge on any atom is -0.368 e. The van der Waals surface area contributed by atoms with Gasteiger partial charge in [0.15, 0.2) is 0 Å². The minimum absolute atomic E-state index is 0.000104. The van der Waals surface area contributed by atoms with Gasteiger partial charge in [-0.15, -0.1) is 0 Å². The second-order valence-electron chi connectivity index (χ2n) is 9.01. The van der Waals surface area contributed by atoms with Crippen LogP contribution in [0.15, 0.2) is 48.5 Å². The summed E-state index contributed by atoms with van der Waals surface area (Å²) < 4.78 is 13.2. The van der Waals surface area contributed by atoms with Gasteiger partial charge in [-0.1, -0.05) is 12.1 Å². The topological polar surface area (TPSA) is 64.2 Å². The molecule has 5 rings (SSSR count). The number of para-hydroxylation sites is 1. The largest absolute Gasteiger partial charge is 0.368 e. The number of nitrogens with zero attached hydrogens (tertiary/aromatic N) is 4. The van der Waals surface area contributed by atoms with E-state index in [0.717, 1.165) is 5.69 Å². The highest BCUT2D eigenvalue weighted by atomic mass is 19.1. The second kappa shape index (κ2) is 8.17. The number of anilines is 2. The molecule has 8 heteroatoms. The van der Waals surface area contributed by atoms with Gasteiger partial charge in [0.1, 0.15) is 11.5 Å². The van der Waals surface area contributed by atoms with Crippen LogP contribution in [-0.4, -0.2) is 65.9 Å². The summed E-state index contributed by atoms with van der Waals surface area (Å²) >= 11 is 0. The predicted octanol–water partition coefficient (Wildman–Crippen LogP) is 2.86. The Bertz CT molecular complexity index is 1100. The standard InChI is InChI=1S/C25H27FN4O3/c1-25-12-10-23(32)30(25)21-5-3-2-4-20(21)24(33)29(25)13-11-22(31)28-16-14-27(15-17-28)19-8-6-18(26)7-9-19/h2-9H,10-17H2,1H3. The van der Waals surface area contributed by atoms with Crippen LogP contribution in [0.2, 0.25) is 0 Å². The van der Waals surface area contributed by atoms with Crippen LogP contribution in [0.1, 0.15) is 36.5 Å². The van der Waals surface area contributed by atoms with Crippen LogP contribution in [0.5, 0.6) is 0 Å². The molecule has 0 spiro atoms. The van der Waals surface area contributed by atoms with Crippen LogP contribution >= 0.6 is 0 Å². The maximum Gasteiger partial charge on any atom is 0.257 e. The summed E-state index contributed by atoms with van der Waals surface area (Å²) in [4.78, 5) is 46.4. The normalized spacial score (nSPS) is 22.5. The lowest BCUT2D eigenvalue weighted by Crippen LogP contribution is -2.62. The fourth-order valence-corrected chi connectivity index (χ4v) is 5.27. The van der Waals surface area contributed by atoms with Crippen LogP contribution in [0, 0.1) is 5.82 Å². The monoisotopic (exact) mass is 450 g/mol. The summed E-state index contributed by atoms with van der Waals surface area (Å²) in [5, 5.41) is 0. The van der Waals surface area contributed by atoms with Gasteiger partial charge in [0, 0.05) is 51.3 Å². The molecule has 3 heterocycles. The predicted molar refractivity (Wildman–Crippen MR) is 122 cm³/mol. The Hall–Kier alpha value is -3.42. The number of fused-ring (bicyclic) bond motifs is 3. The summed E-state index contributed by atoms with van der Waals surface area (Å²) in [6.07, 6.45) is 1.15. The lowest BCUT2D eigenvalue weighted by Gasteiger charge is -2.48. The molecule has 2 aromatic carbocycles. The van der Waals surface area contributed by atoms with E-state index in [1.807, 2.05) is 24.0 Å². The fourth-order valence-electron chi connectivity index (χ4n) is 5.27. The third kappa shape index (κ3) is 3.63. The zero-order valence-corrected chi connectivity index (χ0v) is 18.7. The first-order valence-corrected chi connectivity index (χ1v) is 11.4. The highest BCUT2D eigenvalue weighted by Crippen LogP contribution is 2.44. The van der Waals surface area contributed by atoms with Gasteiger partial charge in [0.25, 0.3) is 5.91 Å². The first kappa shape index (κ1) is 21.4. The number of rotatable bonds is 4. The maximum atomic E-state index is 13.3. The molecule has 1 atom stereocenters. The van der Waals surface area contributed by atoms with Gasteiger partial charge >= 0.3 is 0 Å². The Morgan fingerprint density at radius 1 is 1.00 bits per heavy atom. The van der Waals surface area contributed by atoms with Gasteiger partial charge in [0.2, 0.25) is 11.8 Å². The lowest BCUT2D eigenvalue weighted by molar-refractivity contribution is -0.131. The van der Waals surface area contributed by atoms with E-state index >= 15 is 0 Å². The molecule has 3 aliphatic heterocycles. The number of hydrogen-bond donors (Lipinski definition) is 0. The summed E-state index contributed by atoms with van der Waals surface area (Å²) in [5.74, 6) is -0.391. The molecule has 33 heavy (non-hydrogen) atoms. The van der Waals surface area contributed by atoms with Gasteiger partial charge in [-0.05, 0) is 49.7 Å². The summed E-state index contributed by atoms with van der Waals surface area (Å²) in [7, 11) is 0. The van der Waals surface area contributed by atoms with Crippen molar-refractivity contribution >= 4 is 29.1 Å². The summed E-state index contributed by atoms with van der Waals surface area (Å²) in [5.41, 5.74) is 1.36. The summed E-state index contributed by atoms with van der Waals surface area (Å²) in [6, 6.07) is 13.6. The van der Waals surface area contributed by atoms with E-state index in [4.69, 9.17) is 0 Å². The molecule has 7 nitrogen and oxygen atoms in total. The van der Waals surface area contributed by atoms with E-state index in [2.05, 4.69) is 4.90 Å². The molecule has 2 fully saturated rings. The van der Waals surface area contributed by atoms with Crippen molar-refractivity contribution in [2.45, 2.75) is 31.8 Å². The number of benzene rings is 2. The smallest absolute Gasteiger partial charge is 0.257 e. The Labute approximate surface area is 192 Å². The molecule has 0 saturated carbocycles. The van der Waals surface area contributed by atoms with Crippen molar-refractivity contribution in [1.29, 1.82) is 0 Å². The van der Waals surface area contributed by atoms with Gasteiger partial charge < -0.3 is 14.7 Å². The molecule has 3 aliphatic rings. The van der Waals surface area contributed by atoms with Crippen LogP contribution in [0.3, 0.4) is 0 Å². The van der Waals surface area contributed by atoms with Crippen LogP contribution in [0.25, 0.3) is 0 Å². The zero-order valence-electron chi connectivity index (χ0n) is 18.7. The molecule has 0 radical (unpaired) electrons. The van der Waals surface area contributed by atoms with Crippen molar-refractivity contribution in [3.63, 3.8) is 0 Å². The lowest BCUT2D eigenvalue weighted by atomic mass is 9.98. The average molecular weight is 451 g/mol. The highest BCUT2D eigenvalue weighted by Gasteiger charge is 2.52. The van der Waals surface area contributed by atoms with Crippen LogP contribution in [0.4, 0.5) is 15.8 Å². The Balaban J connectivity index is 1.25. The quantitative estimate of drug-likeness (QED) is 0.719. The second-order valence-corrected chi connectivity index (χ2v) is 9.01. The minimum atomic E-state index is -0.746. The molecule has 0 bridgehead atoms. The zero-order chi connectivity index (χ0) is 23.2. The average Bonchev–Trinajstić information content (AvgIpc) is 3.14. The molecular weight excluding hydrogens is 423 g/mol. The first-order chi connectivity index (χ1) is 15.9. The number of amides is 3. The van der Waals surface area contributed by atoms with Crippen molar-refractivity contribution in [3.8, 4) is 0 Å². The number of carbonyl (C=O) groups is 3. The maximum absolute atomic E-state index is 13.3. The van der Waals surface area contributed by atoms with Gasteiger partial charge in [0.05, 0.1) is 11.3 Å². The Kier molecular flexibility index (Phi) is 5.31. The fraction of sp³-hybridized carbons (Fsp3) is 0.400. The van der Waals surface area contributed by atoms with Crippen LogP contribution in [-0.2, 0) is 9.59 Å². The molecule has 0 N–H and O–H groups in total. The highest BCUT2D eigenvalue weighted by molar-refractivity contribution is 6.10. The van der Waals surface area contributed by atoms with E-state index in [1.165, 1.54) is 12.1 Å². The van der Waals surface area contributed by atoms with E-state index in [9.17, 15) is 18.8 Å². The molecule has 2 saturated heterocycles. The third-order valence-corrected chi connectivity index (χ3v) is 7.12. The molecule has 1 unspecified atom stereocenters. The van der Waals surface area contributed by atoms with Gasteiger partial charge in [-0.2, -0.15) is 0 Å². The van der Waals surface area contributed by atoms with Gasteiger partial charge in [-0.3, -0.25) is 19.3 Å². The Morgan fingerprint density at radius 3 is 2.42 bits per heavy atom. The van der Waals surface area contributed by atoms with Crippen LogP contribution < -0.4 is 9.80 Å². The van der Waals surface area contributed by atoms with Gasteiger partial charge in [-0.25, -0.2) is 4.39 Å². The molecule has 3 amide bonds. The van der Waals surface area contributed by atoms with E-state index in [0.29, 0.717) is 50.3 Å². The molecule has 172 valence electrons. The van der Waals surface area contributed by atoms with Crippen molar-refractivity contribution in [3.05, 3.63) is 59.9 Å². The SMILES string of the molecule is CC12CCC(=O)N1c1ccccc1C(=O)N2CCC(=O)N1CCN(c2ccc(F)cc2)CC1. The van der Waals surface area contributed by atoms with E-state index in [-0.39, 0.29) is 36.5 Å². The van der Waals surface area contributed by atoms with Crippen molar-refractivity contribution in [2.75, 3.05) is 42.5 Å². The van der Waals surface area contributed by atoms with E-state index in [1.54, 1.807) is 34.1 Å². The number of halogens is 1. The Morgan fingerprint density at radius 2 is 1.70 bits per heavy atom. The summed E-state index contributed by atoms with van der Waals surface area (Å²) in [6.45, 7) is 4.69. The van der Waals surface area contributed by atoms with Crippen molar-refractivity contribution in [1.82, 2.24) is 9.80 Å². The number of hydrogen-bond acceptors (Lipinski definition) is 4. The molecular formula is C25H27FN4O3.